The fourth-order valence-electron chi connectivity index (χ4n) is 1.56. The number of carbonyl (C=O) groups excluding carboxylic acids is 1. The fraction of sp³-hybridized carbons (Fsp3) is 0.308. The lowest BCUT2D eigenvalue weighted by atomic mass is 10.2. The molecule has 2 rings (SSSR count). The molecule has 1 aromatic carbocycles. The van der Waals surface area contributed by atoms with E-state index in [1.807, 2.05) is 6.07 Å². The highest BCUT2D eigenvalue weighted by molar-refractivity contribution is 7.99. The van der Waals surface area contributed by atoms with Crippen molar-refractivity contribution in [2.75, 3.05) is 23.8 Å². The number of carbonyl (C=O) groups is 1. The van der Waals surface area contributed by atoms with Gasteiger partial charge in [-0.05, 0) is 11.6 Å². The normalized spacial score (nSPS) is 10.6. The molecule has 1 heterocycles. The fourth-order valence-corrected chi connectivity index (χ4v) is 3.04. The molecule has 22 heavy (non-hydrogen) atoms. The van der Waals surface area contributed by atoms with Gasteiger partial charge in [-0.25, -0.2) is 9.49 Å². The van der Waals surface area contributed by atoms with Crippen LogP contribution in [0.1, 0.15) is 5.56 Å². The maximum absolute atomic E-state index is 13.4. The largest absolute Gasteiger partial charge is 0.368 e. The number of benzene rings is 1. The van der Waals surface area contributed by atoms with Crippen LogP contribution < -0.4 is 11.1 Å². The molecule has 0 spiro atoms. The number of aromatic amines is 1. The molecule has 4 N–H and O–H groups in total. The summed E-state index contributed by atoms with van der Waals surface area (Å²) in [5.41, 5.74) is 6.06. The lowest BCUT2D eigenvalue weighted by Crippen LogP contribution is -2.27. The van der Waals surface area contributed by atoms with Gasteiger partial charge in [-0.2, -0.15) is 16.7 Å². The van der Waals surface area contributed by atoms with Gasteiger partial charge in [0.25, 0.3) is 0 Å². The Morgan fingerprint density at radius 1 is 1.41 bits per heavy atom. The van der Waals surface area contributed by atoms with Crippen LogP contribution >= 0.6 is 23.5 Å². The van der Waals surface area contributed by atoms with Crippen LogP contribution in [-0.4, -0.2) is 39.1 Å². The van der Waals surface area contributed by atoms with Crippen LogP contribution in [0.4, 0.5) is 10.3 Å². The highest BCUT2D eigenvalue weighted by atomic mass is 32.2. The van der Waals surface area contributed by atoms with E-state index in [4.69, 9.17) is 5.73 Å². The Kier molecular flexibility index (Phi) is 6.53. The summed E-state index contributed by atoms with van der Waals surface area (Å²) < 4.78 is 13.4. The van der Waals surface area contributed by atoms with Crippen molar-refractivity contribution in [3.8, 4) is 0 Å². The number of nitrogen functional groups attached to an aromatic ring is 1. The molecule has 0 saturated carbocycles. The van der Waals surface area contributed by atoms with E-state index in [0.29, 0.717) is 23.0 Å². The summed E-state index contributed by atoms with van der Waals surface area (Å²) >= 11 is 2.78. The molecule has 6 nitrogen and oxygen atoms in total. The maximum atomic E-state index is 13.4. The number of hydrogen-bond acceptors (Lipinski definition) is 6. The first kappa shape index (κ1) is 16.6. The third kappa shape index (κ3) is 5.57. The molecule has 0 bridgehead atoms. The van der Waals surface area contributed by atoms with Gasteiger partial charge in [0.1, 0.15) is 5.82 Å². The summed E-state index contributed by atoms with van der Waals surface area (Å²) in [6, 6.07) is 6.70. The first-order chi connectivity index (χ1) is 10.6. The molecular formula is C13H16FN5OS2. The van der Waals surface area contributed by atoms with Crippen molar-refractivity contribution < 1.29 is 9.18 Å². The number of rotatable bonds is 8. The molecule has 1 aromatic heterocycles. The molecule has 0 aliphatic rings. The zero-order chi connectivity index (χ0) is 15.8. The summed E-state index contributed by atoms with van der Waals surface area (Å²) in [4.78, 5) is 15.5. The van der Waals surface area contributed by atoms with E-state index >= 15 is 0 Å². The quantitative estimate of drug-likeness (QED) is 0.499. The average molecular weight is 341 g/mol. The van der Waals surface area contributed by atoms with Crippen molar-refractivity contribution in [1.29, 1.82) is 0 Å². The number of thioether (sulfide) groups is 2. The van der Waals surface area contributed by atoms with E-state index in [1.165, 1.54) is 17.8 Å². The van der Waals surface area contributed by atoms with Crippen LogP contribution in [-0.2, 0) is 10.5 Å². The summed E-state index contributed by atoms with van der Waals surface area (Å²) in [5, 5.41) is 9.56. The number of halogens is 1. The van der Waals surface area contributed by atoms with Gasteiger partial charge in [-0.15, -0.1) is 5.10 Å². The number of nitrogens with one attached hydrogen (secondary N) is 2. The molecule has 118 valence electrons. The van der Waals surface area contributed by atoms with Crippen molar-refractivity contribution in [1.82, 2.24) is 20.5 Å². The molecular weight excluding hydrogens is 325 g/mol. The van der Waals surface area contributed by atoms with Crippen LogP contribution in [0.15, 0.2) is 29.4 Å². The lowest BCUT2D eigenvalue weighted by Gasteiger charge is -2.05. The standard InChI is InChI=1S/C13H16FN5OS2/c14-10-4-2-1-3-9(10)7-21-6-5-16-11(20)8-22-13-17-12(15)18-19-13/h1-4H,5-8H2,(H,16,20)(H3,15,17,18,19). The highest BCUT2D eigenvalue weighted by Gasteiger charge is 2.06. The highest BCUT2D eigenvalue weighted by Crippen LogP contribution is 2.15. The van der Waals surface area contributed by atoms with Gasteiger partial charge in [-0.1, -0.05) is 30.0 Å². The molecule has 0 aliphatic heterocycles. The molecule has 0 saturated heterocycles. The van der Waals surface area contributed by atoms with Gasteiger partial charge < -0.3 is 11.1 Å². The van der Waals surface area contributed by atoms with Crippen LogP contribution in [0.3, 0.4) is 0 Å². The predicted molar refractivity (Wildman–Crippen MR) is 87.1 cm³/mol. The maximum Gasteiger partial charge on any atom is 0.230 e. The zero-order valence-corrected chi connectivity index (χ0v) is 13.3. The van der Waals surface area contributed by atoms with Crippen molar-refractivity contribution in [2.45, 2.75) is 10.9 Å². The lowest BCUT2D eigenvalue weighted by molar-refractivity contribution is -0.118. The minimum atomic E-state index is -0.193. The van der Waals surface area contributed by atoms with E-state index in [0.717, 1.165) is 5.75 Å². The van der Waals surface area contributed by atoms with Gasteiger partial charge >= 0.3 is 0 Å². The van der Waals surface area contributed by atoms with E-state index in [1.54, 1.807) is 23.9 Å². The minimum absolute atomic E-state index is 0.0973. The Morgan fingerprint density at radius 2 is 2.23 bits per heavy atom. The Morgan fingerprint density at radius 3 is 2.95 bits per heavy atom. The second-order valence-electron chi connectivity index (χ2n) is 4.29. The molecule has 0 atom stereocenters. The average Bonchev–Trinajstić information content (AvgIpc) is 2.92. The predicted octanol–water partition coefficient (Wildman–Crippen LogP) is 1.67. The number of anilines is 1. The van der Waals surface area contributed by atoms with Gasteiger partial charge in [0, 0.05) is 18.1 Å². The third-order valence-electron chi connectivity index (χ3n) is 2.60. The van der Waals surface area contributed by atoms with E-state index in [2.05, 4.69) is 20.5 Å². The zero-order valence-electron chi connectivity index (χ0n) is 11.7. The molecule has 9 heteroatoms. The van der Waals surface area contributed by atoms with Crippen molar-refractivity contribution >= 4 is 35.4 Å². The Labute approximate surface area is 135 Å². The number of amides is 1. The van der Waals surface area contributed by atoms with Gasteiger partial charge in [0.05, 0.1) is 5.75 Å². The Hall–Kier alpha value is -1.74. The summed E-state index contributed by atoms with van der Waals surface area (Å²) in [5.74, 6) is 1.48. The number of H-pyrrole nitrogens is 1. The van der Waals surface area contributed by atoms with Gasteiger partial charge in [0.2, 0.25) is 17.0 Å². The minimum Gasteiger partial charge on any atom is -0.368 e. The molecule has 1 amide bonds. The van der Waals surface area contributed by atoms with Crippen molar-refractivity contribution in [3.63, 3.8) is 0 Å². The van der Waals surface area contributed by atoms with Crippen molar-refractivity contribution in [3.05, 3.63) is 35.6 Å². The number of aromatic nitrogens is 3. The molecule has 0 radical (unpaired) electrons. The molecule has 2 aromatic rings. The monoisotopic (exact) mass is 341 g/mol. The van der Waals surface area contributed by atoms with Crippen LogP contribution in [0.25, 0.3) is 0 Å². The number of hydrogen-bond donors (Lipinski definition) is 3. The summed E-state index contributed by atoms with van der Waals surface area (Å²) in [6.45, 7) is 0.536. The first-order valence-electron chi connectivity index (χ1n) is 6.53. The summed E-state index contributed by atoms with van der Waals surface area (Å²) in [6.07, 6.45) is 0. The smallest absolute Gasteiger partial charge is 0.230 e. The Balaban J connectivity index is 1.56. The van der Waals surface area contributed by atoms with Gasteiger partial charge in [0.15, 0.2) is 0 Å². The number of nitrogens with two attached hydrogens (primary N) is 1. The third-order valence-corrected chi connectivity index (χ3v) is 4.45. The molecule has 0 unspecified atom stereocenters. The molecule has 0 fully saturated rings. The second-order valence-corrected chi connectivity index (χ2v) is 6.33. The van der Waals surface area contributed by atoms with Gasteiger partial charge in [-0.3, -0.25) is 4.79 Å². The first-order valence-corrected chi connectivity index (χ1v) is 8.67. The van der Waals surface area contributed by atoms with E-state index in [9.17, 15) is 9.18 Å². The van der Waals surface area contributed by atoms with Crippen LogP contribution in [0.2, 0.25) is 0 Å². The van der Waals surface area contributed by atoms with E-state index in [-0.39, 0.29) is 23.4 Å². The topological polar surface area (TPSA) is 96.7 Å². The van der Waals surface area contributed by atoms with Crippen LogP contribution in [0, 0.1) is 5.82 Å². The van der Waals surface area contributed by atoms with Crippen LogP contribution in [0.5, 0.6) is 0 Å². The second kappa shape index (κ2) is 8.64. The van der Waals surface area contributed by atoms with E-state index < -0.39 is 0 Å². The Bertz CT molecular complexity index is 622. The van der Waals surface area contributed by atoms with Crippen molar-refractivity contribution in [2.24, 2.45) is 0 Å². The SMILES string of the molecule is Nc1nc(SCC(=O)NCCSCc2ccccc2F)n[nH]1. The summed E-state index contributed by atoms with van der Waals surface area (Å²) in [7, 11) is 0. The number of nitrogens with zero attached hydrogens (tertiary/aromatic N) is 2. The molecule has 0 aliphatic carbocycles.